The van der Waals surface area contributed by atoms with Crippen LogP contribution < -0.4 is 5.46 Å². The molecule has 1 heterocycles. The highest BCUT2D eigenvalue weighted by Crippen LogP contribution is 2.29. The Morgan fingerprint density at radius 2 is 1.43 bits per heavy atom. The molecule has 0 spiro atoms. The SMILES string of the molecule is OB(O)c1ccc(C2OCC(c3ccccc3)CO2)cc1. The maximum absolute atomic E-state index is 9.08. The lowest BCUT2D eigenvalue weighted by molar-refractivity contribution is -0.191. The Balaban J connectivity index is 1.63. The highest BCUT2D eigenvalue weighted by molar-refractivity contribution is 6.58. The van der Waals surface area contributed by atoms with E-state index in [4.69, 9.17) is 19.5 Å². The van der Waals surface area contributed by atoms with Gasteiger partial charge < -0.3 is 19.5 Å². The lowest BCUT2D eigenvalue weighted by Gasteiger charge is -2.30. The summed E-state index contributed by atoms with van der Waals surface area (Å²) in [7, 11) is -1.45. The van der Waals surface area contributed by atoms with Gasteiger partial charge in [0.15, 0.2) is 6.29 Å². The lowest BCUT2D eigenvalue weighted by Crippen LogP contribution is -2.30. The van der Waals surface area contributed by atoms with Gasteiger partial charge in [0.25, 0.3) is 0 Å². The van der Waals surface area contributed by atoms with E-state index in [-0.39, 0.29) is 5.92 Å². The van der Waals surface area contributed by atoms with Crippen molar-refractivity contribution in [2.24, 2.45) is 0 Å². The maximum atomic E-state index is 9.08. The molecule has 1 aliphatic rings. The van der Waals surface area contributed by atoms with Crippen molar-refractivity contribution in [3.63, 3.8) is 0 Å². The van der Waals surface area contributed by atoms with Crippen molar-refractivity contribution in [2.45, 2.75) is 12.2 Å². The molecule has 21 heavy (non-hydrogen) atoms. The first-order valence-corrected chi connectivity index (χ1v) is 6.98. The second-order valence-electron chi connectivity index (χ2n) is 5.15. The minimum absolute atomic E-state index is 0.251. The Hall–Kier alpha value is -1.66. The second-order valence-corrected chi connectivity index (χ2v) is 5.15. The molecule has 0 bridgehead atoms. The molecule has 108 valence electrons. The number of benzene rings is 2. The zero-order chi connectivity index (χ0) is 14.7. The summed E-state index contributed by atoms with van der Waals surface area (Å²) in [5.41, 5.74) is 2.55. The third-order valence-electron chi connectivity index (χ3n) is 3.68. The lowest BCUT2D eigenvalue weighted by atomic mass is 9.80. The van der Waals surface area contributed by atoms with Gasteiger partial charge in [-0.3, -0.25) is 0 Å². The van der Waals surface area contributed by atoms with E-state index in [9.17, 15) is 0 Å². The summed E-state index contributed by atoms with van der Waals surface area (Å²) in [6.07, 6.45) is -0.394. The summed E-state index contributed by atoms with van der Waals surface area (Å²) in [5, 5.41) is 18.2. The van der Waals surface area contributed by atoms with E-state index < -0.39 is 13.4 Å². The van der Waals surface area contributed by atoms with E-state index in [1.807, 2.05) is 18.2 Å². The standard InChI is InChI=1S/C16H17BO4/c18-17(19)15-8-6-13(7-9-15)16-20-10-14(11-21-16)12-4-2-1-3-5-12/h1-9,14,16,18-19H,10-11H2. The molecule has 1 fully saturated rings. The minimum atomic E-state index is -1.45. The van der Waals surface area contributed by atoms with Crippen molar-refractivity contribution < 1.29 is 19.5 Å². The Kier molecular flexibility index (Phi) is 4.36. The largest absolute Gasteiger partial charge is 0.488 e. The number of rotatable bonds is 3. The smallest absolute Gasteiger partial charge is 0.423 e. The first-order chi connectivity index (χ1) is 10.2. The Morgan fingerprint density at radius 1 is 0.810 bits per heavy atom. The van der Waals surface area contributed by atoms with Gasteiger partial charge in [0.1, 0.15) is 0 Å². The molecule has 2 aromatic carbocycles. The normalized spacial score (nSPS) is 22.0. The molecule has 0 radical (unpaired) electrons. The molecule has 0 aliphatic carbocycles. The van der Waals surface area contributed by atoms with Crippen LogP contribution in [0.15, 0.2) is 54.6 Å². The van der Waals surface area contributed by atoms with E-state index in [0.717, 1.165) is 5.56 Å². The van der Waals surface area contributed by atoms with Crippen molar-refractivity contribution in [2.75, 3.05) is 13.2 Å². The fourth-order valence-corrected chi connectivity index (χ4v) is 2.44. The molecule has 5 heteroatoms. The fourth-order valence-electron chi connectivity index (χ4n) is 2.44. The fraction of sp³-hybridized carbons (Fsp3) is 0.250. The molecular weight excluding hydrogens is 267 g/mol. The molecule has 0 saturated carbocycles. The summed E-state index contributed by atoms with van der Waals surface area (Å²) in [6, 6.07) is 17.1. The maximum Gasteiger partial charge on any atom is 0.488 e. The van der Waals surface area contributed by atoms with Gasteiger partial charge in [0.2, 0.25) is 0 Å². The summed E-state index contributed by atoms with van der Waals surface area (Å²) in [6.45, 7) is 1.22. The van der Waals surface area contributed by atoms with Gasteiger partial charge in [0, 0.05) is 11.5 Å². The van der Waals surface area contributed by atoms with Gasteiger partial charge in [-0.15, -0.1) is 0 Å². The third-order valence-corrected chi connectivity index (χ3v) is 3.68. The zero-order valence-electron chi connectivity index (χ0n) is 11.6. The number of ether oxygens (including phenoxy) is 2. The van der Waals surface area contributed by atoms with E-state index in [0.29, 0.717) is 18.7 Å². The van der Waals surface area contributed by atoms with Crippen molar-refractivity contribution in [1.29, 1.82) is 0 Å². The first kappa shape index (κ1) is 14.3. The monoisotopic (exact) mass is 284 g/mol. The molecule has 2 aromatic rings. The highest BCUT2D eigenvalue weighted by atomic mass is 16.7. The van der Waals surface area contributed by atoms with Crippen molar-refractivity contribution in [3.8, 4) is 0 Å². The van der Waals surface area contributed by atoms with Crippen LogP contribution in [-0.2, 0) is 9.47 Å². The van der Waals surface area contributed by atoms with Gasteiger partial charge in [-0.2, -0.15) is 0 Å². The molecule has 4 nitrogen and oxygen atoms in total. The van der Waals surface area contributed by atoms with Gasteiger partial charge in [-0.1, -0.05) is 54.6 Å². The molecular formula is C16H17BO4. The van der Waals surface area contributed by atoms with E-state index in [1.165, 1.54) is 5.56 Å². The van der Waals surface area contributed by atoms with Crippen molar-refractivity contribution in [3.05, 3.63) is 65.7 Å². The molecule has 0 unspecified atom stereocenters. The molecule has 0 aromatic heterocycles. The summed E-state index contributed by atoms with van der Waals surface area (Å²) < 4.78 is 11.6. The quantitative estimate of drug-likeness (QED) is 0.831. The van der Waals surface area contributed by atoms with Gasteiger partial charge in [-0.05, 0) is 11.0 Å². The van der Waals surface area contributed by atoms with Crippen LogP contribution in [0.1, 0.15) is 23.3 Å². The zero-order valence-corrected chi connectivity index (χ0v) is 11.6. The Bertz CT molecular complexity index is 563. The minimum Gasteiger partial charge on any atom is -0.423 e. The second kappa shape index (κ2) is 6.41. The van der Waals surface area contributed by atoms with Crippen molar-refractivity contribution >= 4 is 12.6 Å². The number of hydrogen-bond acceptors (Lipinski definition) is 4. The Labute approximate surface area is 124 Å². The van der Waals surface area contributed by atoms with Crippen LogP contribution in [0.4, 0.5) is 0 Å². The van der Waals surface area contributed by atoms with Gasteiger partial charge >= 0.3 is 7.12 Å². The predicted molar refractivity (Wildman–Crippen MR) is 80.1 cm³/mol. The average Bonchev–Trinajstić information content (AvgIpc) is 2.56. The van der Waals surface area contributed by atoms with Crippen LogP contribution in [-0.4, -0.2) is 30.4 Å². The summed E-state index contributed by atoms with van der Waals surface area (Å²) in [4.78, 5) is 0. The average molecular weight is 284 g/mol. The van der Waals surface area contributed by atoms with Crippen LogP contribution in [0.3, 0.4) is 0 Å². The Morgan fingerprint density at radius 3 is 2.00 bits per heavy atom. The topological polar surface area (TPSA) is 58.9 Å². The van der Waals surface area contributed by atoms with Crippen LogP contribution >= 0.6 is 0 Å². The first-order valence-electron chi connectivity index (χ1n) is 6.98. The molecule has 0 amide bonds. The predicted octanol–water partition coefficient (Wildman–Crippen LogP) is 1.20. The molecule has 1 aliphatic heterocycles. The van der Waals surface area contributed by atoms with Gasteiger partial charge in [0.05, 0.1) is 13.2 Å². The van der Waals surface area contributed by atoms with Crippen LogP contribution in [0.5, 0.6) is 0 Å². The third kappa shape index (κ3) is 3.33. The van der Waals surface area contributed by atoms with Crippen molar-refractivity contribution in [1.82, 2.24) is 0 Å². The molecule has 0 atom stereocenters. The molecule has 1 saturated heterocycles. The number of hydrogen-bond donors (Lipinski definition) is 2. The molecule has 3 rings (SSSR count). The van der Waals surface area contributed by atoms with Gasteiger partial charge in [-0.25, -0.2) is 0 Å². The molecule has 2 N–H and O–H groups in total. The van der Waals surface area contributed by atoms with Crippen LogP contribution in [0.25, 0.3) is 0 Å². The summed E-state index contributed by atoms with van der Waals surface area (Å²) in [5.74, 6) is 0.251. The van der Waals surface area contributed by atoms with Crippen LogP contribution in [0.2, 0.25) is 0 Å². The highest BCUT2D eigenvalue weighted by Gasteiger charge is 2.24. The van der Waals surface area contributed by atoms with E-state index >= 15 is 0 Å². The van der Waals surface area contributed by atoms with E-state index in [1.54, 1.807) is 24.3 Å². The van der Waals surface area contributed by atoms with Crippen LogP contribution in [0, 0.1) is 0 Å². The summed E-state index contributed by atoms with van der Waals surface area (Å²) >= 11 is 0. The van der Waals surface area contributed by atoms with E-state index in [2.05, 4.69) is 12.1 Å².